The molecule has 2 heteroatoms. The molecule has 0 fully saturated rings. The monoisotopic (exact) mass is 230 g/mol. The third-order valence-corrected chi connectivity index (χ3v) is 2.99. The van der Waals surface area contributed by atoms with E-state index in [1.54, 1.807) is 0 Å². The first-order valence-corrected chi connectivity index (χ1v) is 6.68. The van der Waals surface area contributed by atoms with Crippen LogP contribution in [-0.2, 0) is 9.47 Å². The Morgan fingerprint density at radius 2 is 1.75 bits per heavy atom. The topological polar surface area (TPSA) is 18.5 Å². The largest absolute Gasteiger partial charge is 0.353 e. The van der Waals surface area contributed by atoms with E-state index in [2.05, 4.69) is 41.5 Å². The van der Waals surface area contributed by atoms with Gasteiger partial charge in [-0.15, -0.1) is 0 Å². The molecule has 2 nitrogen and oxygen atoms in total. The molecular formula is C14H30O2. The van der Waals surface area contributed by atoms with E-state index < -0.39 is 0 Å². The standard InChI is InChI=1S/C14H30O2/c1-7-9-13(16-12(3)4)15-11-10-14(5,6)8-2/h12-13H,7-11H2,1-6H3. The van der Waals surface area contributed by atoms with Crippen LogP contribution >= 0.6 is 0 Å². The number of rotatable bonds is 9. The Kier molecular flexibility index (Phi) is 8.04. The van der Waals surface area contributed by atoms with Gasteiger partial charge in [0, 0.05) is 0 Å². The summed E-state index contributed by atoms with van der Waals surface area (Å²) in [5, 5.41) is 0. The van der Waals surface area contributed by atoms with Gasteiger partial charge >= 0.3 is 0 Å². The van der Waals surface area contributed by atoms with Crippen LogP contribution in [0, 0.1) is 5.41 Å². The molecule has 0 bridgehead atoms. The highest BCUT2D eigenvalue weighted by molar-refractivity contribution is 4.65. The average molecular weight is 230 g/mol. The normalized spacial score (nSPS) is 14.4. The van der Waals surface area contributed by atoms with Crippen LogP contribution < -0.4 is 0 Å². The lowest BCUT2D eigenvalue weighted by molar-refractivity contribution is -0.169. The molecule has 16 heavy (non-hydrogen) atoms. The minimum atomic E-state index is -0.0161. The van der Waals surface area contributed by atoms with Crippen LogP contribution in [0.3, 0.4) is 0 Å². The van der Waals surface area contributed by atoms with E-state index in [-0.39, 0.29) is 12.4 Å². The molecule has 0 heterocycles. The first kappa shape index (κ1) is 15.9. The molecule has 0 aromatic heterocycles. The SMILES string of the molecule is CCCC(OCCC(C)(C)CC)OC(C)C. The summed E-state index contributed by atoms with van der Waals surface area (Å²) in [5.74, 6) is 0. The van der Waals surface area contributed by atoms with E-state index in [9.17, 15) is 0 Å². The predicted octanol–water partition coefficient (Wildman–Crippen LogP) is 4.38. The second-order valence-corrected chi connectivity index (χ2v) is 5.54. The van der Waals surface area contributed by atoms with Gasteiger partial charge in [-0.3, -0.25) is 0 Å². The fourth-order valence-electron chi connectivity index (χ4n) is 1.37. The van der Waals surface area contributed by atoms with Crippen LogP contribution in [0.2, 0.25) is 0 Å². The fraction of sp³-hybridized carbons (Fsp3) is 1.00. The zero-order valence-corrected chi connectivity index (χ0v) is 12.0. The minimum absolute atomic E-state index is 0.0161. The number of hydrogen-bond donors (Lipinski definition) is 0. The summed E-state index contributed by atoms with van der Waals surface area (Å²) in [6, 6.07) is 0. The number of hydrogen-bond acceptors (Lipinski definition) is 2. The quantitative estimate of drug-likeness (QED) is 0.547. The van der Waals surface area contributed by atoms with Crippen molar-refractivity contribution in [1.29, 1.82) is 0 Å². The van der Waals surface area contributed by atoms with Crippen molar-refractivity contribution in [2.24, 2.45) is 5.41 Å². The van der Waals surface area contributed by atoms with Crippen molar-refractivity contribution in [2.75, 3.05) is 6.61 Å². The lowest BCUT2D eigenvalue weighted by atomic mass is 9.87. The molecule has 0 N–H and O–H groups in total. The van der Waals surface area contributed by atoms with Crippen LogP contribution in [-0.4, -0.2) is 19.0 Å². The summed E-state index contributed by atoms with van der Waals surface area (Å²) in [4.78, 5) is 0. The zero-order valence-electron chi connectivity index (χ0n) is 12.0. The van der Waals surface area contributed by atoms with Crippen molar-refractivity contribution >= 4 is 0 Å². The molecule has 0 radical (unpaired) electrons. The van der Waals surface area contributed by atoms with Gasteiger partial charge in [-0.05, 0) is 32.1 Å². The molecule has 1 atom stereocenters. The Morgan fingerprint density at radius 1 is 1.12 bits per heavy atom. The van der Waals surface area contributed by atoms with E-state index >= 15 is 0 Å². The molecule has 0 aromatic carbocycles. The highest BCUT2D eigenvalue weighted by Crippen LogP contribution is 2.24. The van der Waals surface area contributed by atoms with E-state index in [4.69, 9.17) is 9.47 Å². The van der Waals surface area contributed by atoms with Crippen molar-refractivity contribution in [3.8, 4) is 0 Å². The molecule has 0 aromatic rings. The lowest BCUT2D eigenvalue weighted by Crippen LogP contribution is -2.23. The molecule has 98 valence electrons. The molecule has 0 aliphatic rings. The molecule has 0 aliphatic heterocycles. The Balaban J connectivity index is 3.83. The van der Waals surface area contributed by atoms with Crippen molar-refractivity contribution in [3.05, 3.63) is 0 Å². The first-order chi connectivity index (χ1) is 7.41. The highest BCUT2D eigenvalue weighted by atomic mass is 16.7. The molecule has 0 spiro atoms. The summed E-state index contributed by atoms with van der Waals surface area (Å²) >= 11 is 0. The van der Waals surface area contributed by atoms with Gasteiger partial charge in [-0.25, -0.2) is 0 Å². The van der Waals surface area contributed by atoms with Crippen molar-refractivity contribution < 1.29 is 9.47 Å². The first-order valence-electron chi connectivity index (χ1n) is 6.68. The summed E-state index contributed by atoms with van der Waals surface area (Å²) in [6.45, 7) is 13.9. The molecule has 0 saturated carbocycles. The van der Waals surface area contributed by atoms with E-state index in [1.807, 2.05) is 0 Å². The minimum Gasteiger partial charge on any atom is -0.353 e. The Morgan fingerprint density at radius 3 is 2.19 bits per heavy atom. The molecule has 0 saturated heterocycles. The second-order valence-electron chi connectivity index (χ2n) is 5.54. The summed E-state index contributed by atoms with van der Waals surface area (Å²) in [6.07, 6.45) is 4.62. The maximum Gasteiger partial charge on any atom is 0.157 e. The van der Waals surface area contributed by atoms with Crippen LogP contribution in [0.1, 0.15) is 67.2 Å². The van der Waals surface area contributed by atoms with Crippen LogP contribution in [0.25, 0.3) is 0 Å². The van der Waals surface area contributed by atoms with Gasteiger partial charge in [0.2, 0.25) is 0 Å². The van der Waals surface area contributed by atoms with Crippen molar-refractivity contribution in [2.45, 2.75) is 79.6 Å². The van der Waals surface area contributed by atoms with Gasteiger partial charge in [-0.2, -0.15) is 0 Å². The summed E-state index contributed by atoms with van der Waals surface area (Å²) in [5.41, 5.74) is 0.384. The van der Waals surface area contributed by atoms with Gasteiger partial charge in [0.25, 0.3) is 0 Å². The molecular weight excluding hydrogens is 200 g/mol. The Labute approximate surface area is 102 Å². The van der Waals surface area contributed by atoms with E-state index in [0.717, 1.165) is 25.9 Å². The second kappa shape index (κ2) is 8.08. The van der Waals surface area contributed by atoms with Gasteiger partial charge in [-0.1, -0.05) is 40.5 Å². The number of ether oxygens (including phenoxy) is 2. The Hall–Kier alpha value is -0.0800. The molecule has 0 amide bonds. The van der Waals surface area contributed by atoms with Gasteiger partial charge in [0.1, 0.15) is 0 Å². The smallest absolute Gasteiger partial charge is 0.157 e. The summed E-state index contributed by atoms with van der Waals surface area (Å²) in [7, 11) is 0. The third-order valence-electron chi connectivity index (χ3n) is 2.99. The van der Waals surface area contributed by atoms with Crippen molar-refractivity contribution in [3.63, 3.8) is 0 Å². The predicted molar refractivity (Wildman–Crippen MR) is 69.6 cm³/mol. The third kappa shape index (κ3) is 8.12. The van der Waals surface area contributed by atoms with E-state index in [1.165, 1.54) is 6.42 Å². The average Bonchev–Trinajstić information content (AvgIpc) is 2.17. The maximum absolute atomic E-state index is 5.81. The highest BCUT2D eigenvalue weighted by Gasteiger charge is 2.16. The van der Waals surface area contributed by atoms with Crippen LogP contribution in [0.5, 0.6) is 0 Å². The van der Waals surface area contributed by atoms with E-state index in [0.29, 0.717) is 5.41 Å². The molecule has 1 unspecified atom stereocenters. The molecule has 0 rings (SSSR count). The lowest BCUT2D eigenvalue weighted by Gasteiger charge is -2.25. The Bertz CT molecular complexity index is 164. The van der Waals surface area contributed by atoms with Gasteiger partial charge in [0.15, 0.2) is 6.29 Å². The fourth-order valence-corrected chi connectivity index (χ4v) is 1.37. The van der Waals surface area contributed by atoms with Gasteiger partial charge < -0.3 is 9.47 Å². The maximum atomic E-state index is 5.81. The van der Waals surface area contributed by atoms with Gasteiger partial charge in [0.05, 0.1) is 12.7 Å². The van der Waals surface area contributed by atoms with Crippen molar-refractivity contribution in [1.82, 2.24) is 0 Å². The molecule has 0 aliphatic carbocycles. The summed E-state index contributed by atoms with van der Waals surface area (Å²) < 4.78 is 11.5. The van der Waals surface area contributed by atoms with Crippen LogP contribution in [0.15, 0.2) is 0 Å². The van der Waals surface area contributed by atoms with Crippen LogP contribution in [0.4, 0.5) is 0 Å². The zero-order chi connectivity index (χ0) is 12.6.